The number of nitrogens with zero attached hydrogens (tertiary/aromatic N) is 1. The van der Waals surface area contributed by atoms with Crippen LogP contribution in [0.1, 0.15) is 12.5 Å². The van der Waals surface area contributed by atoms with Crippen molar-refractivity contribution in [3.05, 3.63) is 48.0 Å². The second-order valence-corrected chi connectivity index (χ2v) is 8.22. The Kier molecular flexibility index (Phi) is 5.55. The zero-order valence-corrected chi connectivity index (χ0v) is 16.6. The Bertz CT molecular complexity index is 1080. The fraction of sp³-hybridized carbons (Fsp3) is 0.211. The maximum absolute atomic E-state index is 12.4. The summed E-state index contributed by atoms with van der Waals surface area (Å²) in [6.07, 6.45) is 0. The predicted octanol–water partition coefficient (Wildman–Crippen LogP) is 1.18. The number of amides is 2. The minimum atomic E-state index is -3.94. The molecule has 2 aromatic rings. The average Bonchev–Trinajstić information content (AvgIpc) is 2.61. The molecule has 2 N–H and O–H groups in total. The van der Waals surface area contributed by atoms with Gasteiger partial charge in [-0.15, -0.1) is 0 Å². The SMILES string of the molecule is CC(=O)NS(=O)(=O)c1ccc(NC(=O)CN2CC(=O)Oc3ccc(C)cc32)cc1. The molecule has 1 aliphatic rings. The van der Waals surface area contributed by atoms with E-state index in [1.807, 2.05) is 23.8 Å². The summed E-state index contributed by atoms with van der Waals surface area (Å²) < 4.78 is 30.9. The number of carbonyl (C=O) groups excluding carboxylic acids is 3. The molecule has 0 saturated heterocycles. The van der Waals surface area contributed by atoms with E-state index in [1.54, 1.807) is 11.0 Å². The van der Waals surface area contributed by atoms with Crippen molar-refractivity contribution >= 4 is 39.2 Å². The van der Waals surface area contributed by atoms with Crippen LogP contribution in [-0.4, -0.2) is 39.3 Å². The van der Waals surface area contributed by atoms with E-state index >= 15 is 0 Å². The van der Waals surface area contributed by atoms with Crippen LogP contribution in [0.3, 0.4) is 0 Å². The van der Waals surface area contributed by atoms with Gasteiger partial charge in [0, 0.05) is 12.6 Å². The number of sulfonamides is 1. The molecule has 9 nitrogen and oxygen atoms in total. The number of nitrogens with one attached hydrogen (secondary N) is 2. The van der Waals surface area contributed by atoms with Crippen LogP contribution in [0.4, 0.5) is 11.4 Å². The van der Waals surface area contributed by atoms with Gasteiger partial charge in [0.2, 0.25) is 11.8 Å². The Hall–Kier alpha value is -3.40. The molecule has 0 radical (unpaired) electrons. The molecule has 0 bridgehead atoms. The van der Waals surface area contributed by atoms with E-state index in [0.29, 0.717) is 17.1 Å². The summed E-state index contributed by atoms with van der Waals surface area (Å²) in [5, 5.41) is 2.65. The smallest absolute Gasteiger partial charge is 0.331 e. The molecule has 0 unspecified atom stereocenters. The topological polar surface area (TPSA) is 122 Å². The van der Waals surface area contributed by atoms with Crippen LogP contribution >= 0.6 is 0 Å². The van der Waals surface area contributed by atoms with Crippen LogP contribution < -0.4 is 19.7 Å². The summed E-state index contributed by atoms with van der Waals surface area (Å²) in [7, 11) is -3.94. The van der Waals surface area contributed by atoms with Crippen molar-refractivity contribution in [1.29, 1.82) is 0 Å². The first kappa shape index (κ1) is 20.3. The van der Waals surface area contributed by atoms with Crippen molar-refractivity contribution in [1.82, 2.24) is 4.72 Å². The van der Waals surface area contributed by atoms with Crippen molar-refractivity contribution in [2.45, 2.75) is 18.7 Å². The second-order valence-electron chi connectivity index (χ2n) is 6.54. The van der Waals surface area contributed by atoms with E-state index in [0.717, 1.165) is 12.5 Å². The Labute approximate surface area is 167 Å². The van der Waals surface area contributed by atoms with E-state index in [1.165, 1.54) is 24.3 Å². The molecule has 2 aromatic carbocycles. The van der Waals surface area contributed by atoms with Crippen LogP contribution in [0, 0.1) is 6.92 Å². The molecule has 0 aromatic heterocycles. The van der Waals surface area contributed by atoms with E-state index in [-0.39, 0.29) is 23.9 Å². The number of ether oxygens (including phenoxy) is 1. The van der Waals surface area contributed by atoms with Gasteiger partial charge < -0.3 is 15.0 Å². The minimum absolute atomic E-state index is 0.0578. The zero-order chi connectivity index (χ0) is 21.2. The lowest BCUT2D eigenvalue weighted by atomic mass is 10.1. The number of rotatable bonds is 5. The number of hydrogen-bond donors (Lipinski definition) is 2. The van der Waals surface area contributed by atoms with Gasteiger partial charge in [0.25, 0.3) is 10.0 Å². The molecular formula is C19H19N3O6S. The monoisotopic (exact) mass is 417 g/mol. The van der Waals surface area contributed by atoms with Crippen LogP contribution in [0.25, 0.3) is 0 Å². The van der Waals surface area contributed by atoms with Gasteiger partial charge in [-0.1, -0.05) is 6.07 Å². The molecule has 29 heavy (non-hydrogen) atoms. The Morgan fingerprint density at radius 2 is 1.83 bits per heavy atom. The molecule has 0 fully saturated rings. The van der Waals surface area contributed by atoms with Crippen molar-refractivity contribution in [2.24, 2.45) is 0 Å². The van der Waals surface area contributed by atoms with Crippen LogP contribution in [0.15, 0.2) is 47.4 Å². The Balaban J connectivity index is 1.70. The number of benzene rings is 2. The summed E-state index contributed by atoms with van der Waals surface area (Å²) in [5.41, 5.74) is 1.99. The normalized spacial score (nSPS) is 13.3. The van der Waals surface area contributed by atoms with E-state index in [4.69, 9.17) is 4.74 Å². The highest BCUT2D eigenvalue weighted by atomic mass is 32.2. The summed E-state index contributed by atoms with van der Waals surface area (Å²) in [6.45, 7) is 2.85. The van der Waals surface area contributed by atoms with Crippen molar-refractivity contribution in [2.75, 3.05) is 23.3 Å². The van der Waals surface area contributed by atoms with Gasteiger partial charge in [-0.3, -0.25) is 9.59 Å². The third-order valence-electron chi connectivity index (χ3n) is 4.06. The first-order valence-electron chi connectivity index (χ1n) is 8.63. The highest BCUT2D eigenvalue weighted by Gasteiger charge is 2.25. The molecular weight excluding hydrogens is 398 g/mol. The number of esters is 1. The molecule has 1 heterocycles. The first-order valence-corrected chi connectivity index (χ1v) is 10.1. The molecule has 1 aliphatic heterocycles. The largest absolute Gasteiger partial charge is 0.423 e. The summed E-state index contributed by atoms with van der Waals surface area (Å²) >= 11 is 0. The van der Waals surface area contributed by atoms with E-state index < -0.39 is 21.9 Å². The maximum Gasteiger partial charge on any atom is 0.331 e. The lowest BCUT2D eigenvalue weighted by molar-refractivity contribution is -0.133. The number of anilines is 2. The van der Waals surface area contributed by atoms with Gasteiger partial charge in [0.05, 0.1) is 17.1 Å². The molecule has 0 atom stereocenters. The number of fused-ring (bicyclic) bond motifs is 1. The quantitative estimate of drug-likeness (QED) is 0.553. The fourth-order valence-electron chi connectivity index (χ4n) is 2.84. The van der Waals surface area contributed by atoms with Crippen molar-refractivity contribution in [3.63, 3.8) is 0 Å². The molecule has 0 spiro atoms. The Morgan fingerprint density at radius 1 is 1.14 bits per heavy atom. The maximum atomic E-state index is 12.4. The van der Waals surface area contributed by atoms with Gasteiger partial charge >= 0.3 is 5.97 Å². The predicted molar refractivity (Wildman–Crippen MR) is 105 cm³/mol. The highest BCUT2D eigenvalue weighted by Crippen LogP contribution is 2.32. The third-order valence-corrected chi connectivity index (χ3v) is 5.51. The van der Waals surface area contributed by atoms with Gasteiger partial charge in [0.15, 0.2) is 5.75 Å². The van der Waals surface area contributed by atoms with E-state index in [2.05, 4.69) is 5.32 Å². The van der Waals surface area contributed by atoms with Gasteiger partial charge in [-0.25, -0.2) is 17.9 Å². The van der Waals surface area contributed by atoms with Crippen molar-refractivity contribution < 1.29 is 27.5 Å². The molecule has 2 amide bonds. The standard InChI is InChI=1S/C19H19N3O6S/c1-12-3-8-17-16(9-12)22(11-19(25)28-17)10-18(24)20-14-4-6-15(7-5-14)29(26,27)21-13(2)23/h3-9H,10-11H2,1-2H3,(H,20,24)(H,21,23). The zero-order valence-electron chi connectivity index (χ0n) is 15.8. The summed E-state index contributed by atoms with van der Waals surface area (Å²) in [6, 6.07) is 10.7. The number of hydrogen-bond acceptors (Lipinski definition) is 7. The van der Waals surface area contributed by atoms with Crippen molar-refractivity contribution in [3.8, 4) is 5.75 Å². The molecule has 152 valence electrons. The van der Waals surface area contributed by atoms with Gasteiger partial charge in [-0.05, 0) is 48.9 Å². The number of aryl methyl sites for hydroxylation is 1. The second kappa shape index (κ2) is 7.92. The molecule has 0 saturated carbocycles. The van der Waals surface area contributed by atoms with Gasteiger partial charge in [0.1, 0.15) is 6.54 Å². The lowest BCUT2D eigenvalue weighted by Crippen LogP contribution is -2.41. The number of carbonyl (C=O) groups is 3. The van der Waals surface area contributed by atoms with Crippen LogP contribution in [-0.2, 0) is 24.4 Å². The summed E-state index contributed by atoms with van der Waals surface area (Å²) in [4.78, 5) is 36.7. The first-order chi connectivity index (χ1) is 13.6. The van der Waals surface area contributed by atoms with E-state index in [9.17, 15) is 22.8 Å². The highest BCUT2D eigenvalue weighted by molar-refractivity contribution is 7.90. The van der Waals surface area contributed by atoms with Crippen LogP contribution in [0.2, 0.25) is 0 Å². The third kappa shape index (κ3) is 4.91. The Morgan fingerprint density at radius 3 is 2.48 bits per heavy atom. The minimum Gasteiger partial charge on any atom is -0.423 e. The fourth-order valence-corrected chi connectivity index (χ4v) is 3.83. The van der Waals surface area contributed by atoms with Crippen LogP contribution in [0.5, 0.6) is 5.75 Å². The summed E-state index contributed by atoms with van der Waals surface area (Å²) in [5.74, 6) is -1.14. The molecule has 10 heteroatoms. The molecule has 0 aliphatic carbocycles. The lowest BCUT2D eigenvalue weighted by Gasteiger charge is -2.29. The van der Waals surface area contributed by atoms with Gasteiger partial charge in [-0.2, -0.15) is 0 Å². The molecule has 3 rings (SSSR count). The average molecular weight is 417 g/mol.